The molecule has 1 atom stereocenters. The molecule has 1 N–H and O–H groups in total. The maximum Gasteiger partial charge on any atom is 0.411 e. The van der Waals surface area contributed by atoms with E-state index in [1.807, 2.05) is 17.5 Å². The molecule has 0 aromatic carbocycles. The highest BCUT2D eigenvalue weighted by Crippen LogP contribution is 2.35. The van der Waals surface area contributed by atoms with Crippen LogP contribution in [0.2, 0.25) is 0 Å². The Labute approximate surface area is 128 Å². The molecule has 1 saturated heterocycles. The van der Waals surface area contributed by atoms with Crippen LogP contribution in [0.3, 0.4) is 0 Å². The molecule has 1 aromatic heterocycles. The van der Waals surface area contributed by atoms with Crippen molar-refractivity contribution in [3.05, 3.63) is 22.4 Å². The summed E-state index contributed by atoms with van der Waals surface area (Å²) in [4.78, 5) is 26.6. The second-order valence-corrected chi connectivity index (χ2v) is 7.36. The van der Waals surface area contributed by atoms with Crippen molar-refractivity contribution in [2.24, 2.45) is 0 Å². The zero-order valence-corrected chi connectivity index (χ0v) is 13.4. The molecule has 0 saturated carbocycles. The predicted molar refractivity (Wildman–Crippen MR) is 80.6 cm³/mol. The van der Waals surface area contributed by atoms with Crippen molar-refractivity contribution >= 4 is 23.4 Å². The van der Waals surface area contributed by atoms with E-state index < -0.39 is 23.2 Å². The fraction of sp³-hybridized carbons (Fsp3) is 0.600. The number of thiophene rings is 1. The molecule has 0 aliphatic carbocycles. The van der Waals surface area contributed by atoms with Gasteiger partial charge in [0.25, 0.3) is 0 Å². The summed E-state index contributed by atoms with van der Waals surface area (Å²) in [5.74, 6) is -0.959. The smallest absolute Gasteiger partial charge is 0.411 e. The Kier molecular flexibility index (Phi) is 4.27. The van der Waals surface area contributed by atoms with E-state index in [1.165, 1.54) is 16.2 Å². The van der Waals surface area contributed by atoms with Crippen LogP contribution in [0.4, 0.5) is 4.79 Å². The first-order chi connectivity index (χ1) is 9.74. The number of carboxylic acids is 1. The zero-order chi connectivity index (χ0) is 15.7. The Morgan fingerprint density at radius 1 is 1.48 bits per heavy atom. The average Bonchev–Trinajstić information content (AvgIpc) is 2.96. The van der Waals surface area contributed by atoms with Crippen molar-refractivity contribution in [3.63, 3.8) is 0 Å². The quantitative estimate of drug-likeness (QED) is 0.931. The maximum atomic E-state index is 12.4. The van der Waals surface area contributed by atoms with E-state index >= 15 is 0 Å². The number of hydrogen-bond acceptors (Lipinski definition) is 4. The van der Waals surface area contributed by atoms with Gasteiger partial charge < -0.3 is 9.84 Å². The lowest BCUT2D eigenvalue weighted by Gasteiger charge is -2.35. The normalized spacial score (nSPS) is 22.3. The first-order valence-electron chi connectivity index (χ1n) is 7.01. The molecule has 116 valence electrons. The number of likely N-dealkylation sites (tertiary alicyclic amines) is 1. The summed E-state index contributed by atoms with van der Waals surface area (Å²) in [5.41, 5.74) is -1.82. The molecule has 0 spiro atoms. The van der Waals surface area contributed by atoms with Gasteiger partial charge in [-0.3, -0.25) is 4.90 Å². The van der Waals surface area contributed by atoms with Gasteiger partial charge in [0.15, 0.2) is 0 Å². The Morgan fingerprint density at radius 2 is 2.19 bits per heavy atom. The molecule has 1 aliphatic rings. The maximum absolute atomic E-state index is 12.4. The summed E-state index contributed by atoms with van der Waals surface area (Å²) in [6, 6.07) is 3.79. The van der Waals surface area contributed by atoms with Crippen molar-refractivity contribution in [2.45, 2.75) is 51.2 Å². The third kappa shape index (κ3) is 3.37. The minimum Gasteiger partial charge on any atom is -0.479 e. The third-order valence-corrected chi connectivity index (χ3v) is 4.42. The topological polar surface area (TPSA) is 66.8 Å². The first kappa shape index (κ1) is 15.8. The first-order valence-corrected chi connectivity index (χ1v) is 7.89. The standard InChI is InChI=1S/C15H21NO4S/c1-14(2,3)20-13(19)16-8-5-7-15(16,12(17)18)10-11-6-4-9-21-11/h4,6,9H,5,7-8,10H2,1-3H3,(H,17,18). The molecule has 5 nitrogen and oxygen atoms in total. The van der Waals surface area contributed by atoms with Crippen LogP contribution in [0, 0.1) is 0 Å². The molecular weight excluding hydrogens is 290 g/mol. The molecule has 21 heavy (non-hydrogen) atoms. The SMILES string of the molecule is CC(C)(C)OC(=O)N1CCCC1(Cc1cccs1)C(=O)O. The summed E-state index contributed by atoms with van der Waals surface area (Å²) in [6.07, 6.45) is 0.925. The number of carboxylic acid groups (broad SMARTS) is 1. The second-order valence-electron chi connectivity index (χ2n) is 6.33. The van der Waals surface area contributed by atoms with Crippen LogP contribution in [0.15, 0.2) is 17.5 Å². The summed E-state index contributed by atoms with van der Waals surface area (Å²) in [6.45, 7) is 5.76. The van der Waals surface area contributed by atoms with Crippen molar-refractivity contribution in [1.82, 2.24) is 4.90 Å². The van der Waals surface area contributed by atoms with Crippen molar-refractivity contribution in [1.29, 1.82) is 0 Å². The monoisotopic (exact) mass is 311 g/mol. The Morgan fingerprint density at radius 3 is 2.71 bits per heavy atom. The van der Waals surface area contributed by atoms with Crippen LogP contribution in [0.5, 0.6) is 0 Å². The Balaban J connectivity index is 2.26. The molecule has 1 aromatic rings. The molecule has 1 amide bonds. The van der Waals surface area contributed by atoms with Crippen LogP contribution in [0.25, 0.3) is 0 Å². The minimum absolute atomic E-state index is 0.333. The Bertz CT molecular complexity index is 520. The van der Waals surface area contributed by atoms with Gasteiger partial charge in [0.1, 0.15) is 11.1 Å². The number of carbonyl (C=O) groups is 2. The van der Waals surface area contributed by atoms with E-state index in [-0.39, 0.29) is 0 Å². The second kappa shape index (κ2) is 5.67. The Hall–Kier alpha value is -1.56. The molecule has 1 fully saturated rings. The van der Waals surface area contributed by atoms with E-state index in [4.69, 9.17) is 4.74 Å². The highest BCUT2D eigenvalue weighted by Gasteiger charge is 2.51. The highest BCUT2D eigenvalue weighted by molar-refractivity contribution is 7.09. The van der Waals surface area contributed by atoms with Gasteiger partial charge in [0.05, 0.1) is 0 Å². The van der Waals surface area contributed by atoms with Gasteiger partial charge in [-0.25, -0.2) is 9.59 Å². The van der Waals surface area contributed by atoms with Crippen LogP contribution < -0.4 is 0 Å². The van der Waals surface area contributed by atoms with Crippen LogP contribution in [0.1, 0.15) is 38.5 Å². The predicted octanol–water partition coefficient (Wildman–Crippen LogP) is 3.14. The molecule has 1 unspecified atom stereocenters. The lowest BCUT2D eigenvalue weighted by Crippen LogP contribution is -2.55. The fourth-order valence-electron chi connectivity index (χ4n) is 2.64. The summed E-state index contributed by atoms with van der Waals surface area (Å²) >= 11 is 1.51. The average molecular weight is 311 g/mol. The lowest BCUT2D eigenvalue weighted by molar-refractivity contribution is -0.149. The van der Waals surface area contributed by atoms with Gasteiger partial charge in [-0.15, -0.1) is 11.3 Å². The molecule has 2 heterocycles. The van der Waals surface area contributed by atoms with Crippen molar-refractivity contribution in [3.8, 4) is 0 Å². The molecular formula is C15H21NO4S. The van der Waals surface area contributed by atoms with E-state index in [0.29, 0.717) is 25.8 Å². The molecule has 0 radical (unpaired) electrons. The molecule has 2 rings (SSSR count). The van der Waals surface area contributed by atoms with Crippen LogP contribution in [-0.2, 0) is 16.0 Å². The lowest BCUT2D eigenvalue weighted by atomic mass is 9.91. The van der Waals surface area contributed by atoms with Gasteiger partial charge >= 0.3 is 12.1 Å². The van der Waals surface area contributed by atoms with Crippen LogP contribution in [-0.4, -0.2) is 39.8 Å². The van der Waals surface area contributed by atoms with E-state index in [1.54, 1.807) is 20.8 Å². The van der Waals surface area contributed by atoms with E-state index in [2.05, 4.69) is 0 Å². The number of carbonyl (C=O) groups excluding carboxylic acids is 1. The van der Waals surface area contributed by atoms with Crippen molar-refractivity contribution < 1.29 is 19.4 Å². The van der Waals surface area contributed by atoms with E-state index in [9.17, 15) is 14.7 Å². The van der Waals surface area contributed by atoms with Gasteiger partial charge in [-0.1, -0.05) is 6.07 Å². The van der Waals surface area contributed by atoms with Gasteiger partial charge in [0.2, 0.25) is 0 Å². The highest BCUT2D eigenvalue weighted by atomic mass is 32.1. The van der Waals surface area contributed by atoms with Crippen LogP contribution >= 0.6 is 11.3 Å². The molecule has 0 bridgehead atoms. The molecule has 1 aliphatic heterocycles. The van der Waals surface area contributed by atoms with Gasteiger partial charge in [0, 0.05) is 17.8 Å². The zero-order valence-electron chi connectivity index (χ0n) is 12.6. The number of aliphatic carboxylic acids is 1. The summed E-state index contributed by atoms with van der Waals surface area (Å²) in [7, 11) is 0. The number of amides is 1. The largest absolute Gasteiger partial charge is 0.479 e. The summed E-state index contributed by atoms with van der Waals surface area (Å²) < 4.78 is 5.37. The number of nitrogens with zero attached hydrogens (tertiary/aromatic N) is 1. The number of ether oxygens (including phenoxy) is 1. The summed E-state index contributed by atoms with van der Waals surface area (Å²) in [5, 5.41) is 11.6. The third-order valence-electron chi connectivity index (χ3n) is 3.55. The number of rotatable bonds is 3. The van der Waals surface area contributed by atoms with Gasteiger partial charge in [-0.2, -0.15) is 0 Å². The van der Waals surface area contributed by atoms with Gasteiger partial charge in [-0.05, 0) is 45.1 Å². The fourth-order valence-corrected chi connectivity index (χ4v) is 3.46. The number of hydrogen-bond donors (Lipinski definition) is 1. The molecule has 6 heteroatoms. The van der Waals surface area contributed by atoms with E-state index in [0.717, 1.165) is 4.88 Å². The van der Waals surface area contributed by atoms with Crippen molar-refractivity contribution in [2.75, 3.05) is 6.54 Å². The minimum atomic E-state index is -1.19.